The number of anilines is 1. The number of nitro benzene ring substituents is 1. The van der Waals surface area contributed by atoms with Gasteiger partial charge in [0.25, 0.3) is 5.69 Å². The number of benzene rings is 1. The van der Waals surface area contributed by atoms with E-state index in [4.69, 9.17) is 16.3 Å². The quantitative estimate of drug-likeness (QED) is 0.360. The molecular formula is C11H11N5O4S. The summed E-state index contributed by atoms with van der Waals surface area (Å²) >= 11 is 0. The fourth-order valence-corrected chi connectivity index (χ4v) is 3.12. The van der Waals surface area contributed by atoms with Crippen LogP contribution in [0.4, 0.5) is 11.4 Å². The van der Waals surface area contributed by atoms with E-state index >= 15 is 0 Å². The van der Waals surface area contributed by atoms with Gasteiger partial charge in [-0.2, -0.15) is 14.8 Å². The first-order chi connectivity index (χ1) is 9.75. The number of nitrogens with two attached hydrogens (primary N) is 1. The van der Waals surface area contributed by atoms with E-state index in [-0.39, 0.29) is 16.1 Å². The Morgan fingerprint density at radius 3 is 2.29 bits per heavy atom. The van der Waals surface area contributed by atoms with Gasteiger partial charge in [0, 0.05) is 6.07 Å². The molecule has 0 amide bonds. The molecule has 1 aromatic carbocycles. The predicted octanol–water partition coefficient (Wildman–Crippen LogP) is 0.523. The third kappa shape index (κ3) is 3.25. The lowest BCUT2D eigenvalue weighted by atomic mass is 10.2. The molecular weight excluding hydrogens is 298 g/mol. The van der Waals surface area contributed by atoms with E-state index in [1.807, 2.05) is 0 Å². The molecule has 0 radical (unpaired) electrons. The summed E-state index contributed by atoms with van der Waals surface area (Å²) in [6.07, 6.45) is 0. The highest BCUT2D eigenvalue weighted by atomic mass is 32.2. The van der Waals surface area contributed by atoms with Crippen LogP contribution in [-0.2, 0) is 10.0 Å². The Hall–Kier alpha value is -2.69. The molecule has 0 bridgehead atoms. The molecule has 2 N–H and O–H groups in total. The van der Waals surface area contributed by atoms with Gasteiger partial charge in [0.05, 0.1) is 22.0 Å². The molecule has 10 heteroatoms. The number of sulfonamides is 1. The van der Waals surface area contributed by atoms with Crippen molar-refractivity contribution in [1.82, 2.24) is 4.31 Å². The number of aryl methyl sites for hydroxylation is 1. The minimum absolute atomic E-state index is 0.163. The van der Waals surface area contributed by atoms with Crippen molar-refractivity contribution in [1.29, 1.82) is 10.5 Å². The van der Waals surface area contributed by atoms with Crippen molar-refractivity contribution >= 4 is 21.4 Å². The van der Waals surface area contributed by atoms with E-state index in [0.29, 0.717) is 4.31 Å². The van der Waals surface area contributed by atoms with Crippen LogP contribution in [0.3, 0.4) is 0 Å². The van der Waals surface area contributed by atoms with Crippen LogP contribution in [-0.4, -0.2) is 30.7 Å². The summed E-state index contributed by atoms with van der Waals surface area (Å²) in [4.78, 5) is 9.69. The standard InChI is InChI=1S/C11H11N5O4S/c1-8-6-9(14)10(16(17)18)7-11(8)21(19,20)15(4-2-12)5-3-13/h6-7H,4-5,14H2,1H3. The Morgan fingerprint density at radius 2 is 1.86 bits per heavy atom. The van der Waals surface area contributed by atoms with Gasteiger partial charge in [0.2, 0.25) is 10.0 Å². The molecule has 21 heavy (non-hydrogen) atoms. The van der Waals surface area contributed by atoms with Crippen LogP contribution in [0.25, 0.3) is 0 Å². The Morgan fingerprint density at radius 1 is 1.33 bits per heavy atom. The van der Waals surface area contributed by atoms with Gasteiger partial charge in [-0.3, -0.25) is 10.1 Å². The summed E-state index contributed by atoms with van der Waals surface area (Å²) in [6, 6.07) is 5.27. The average molecular weight is 309 g/mol. The fraction of sp³-hybridized carbons (Fsp3) is 0.273. The maximum Gasteiger partial charge on any atom is 0.293 e. The first-order valence-electron chi connectivity index (χ1n) is 5.54. The second-order valence-corrected chi connectivity index (χ2v) is 5.93. The largest absolute Gasteiger partial charge is 0.393 e. The third-order valence-electron chi connectivity index (χ3n) is 2.63. The highest BCUT2D eigenvalue weighted by molar-refractivity contribution is 7.89. The topological polar surface area (TPSA) is 154 Å². The zero-order valence-corrected chi connectivity index (χ0v) is 11.8. The van der Waals surface area contributed by atoms with Crippen LogP contribution >= 0.6 is 0 Å². The lowest BCUT2D eigenvalue weighted by Crippen LogP contribution is -2.32. The van der Waals surface area contributed by atoms with Gasteiger partial charge in [-0.15, -0.1) is 0 Å². The van der Waals surface area contributed by atoms with E-state index in [1.165, 1.54) is 13.0 Å². The lowest BCUT2D eigenvalue weighted by Gasteiger charge is -2.17. The van der Waals surface area contributed by atoms with Crippen molar-refractivity contribution < 1.29 is 13.3 Å². The van der Waals surface area contributed by atoms with Crippen LogP contribution < -0.4 is 5.73 Å². The second-order valence-electron chi connectivity index (χ2n) is 4.02. The molecule has 0 atom stereocenters. The van der Waals surface area contributed by atoms with Gasteiger partial charge in [0.15, 0.2) is 0 Å². The summed E-state index contributed by atoms with van der Waals surface area (Å²) in [5, 5.41) is 28.1. The number of rotatable bonds is 5. The van der Waals surface area contributed by atoms with Gasteiger partial charge in [-0.1, -0.05) is 0 Å². The second kappa shape index (κ2) is 6.17. The molecule has 0 unspecified atom stereocenters. The number of nitro groups is 1. The molecule has 0 saturated carbocycles. The smallest absolute Gasteiger partial charge is 0.293 e. The first-order valence-corrected chi connectivity index (χ1v) is 6.98. The predicted molar refractivity (Wildman–Crippen MR) is 72.2 cm³/mol. The SMILES string of the molecule is Cc1cc(N)c([N+](=O)[O-])cc1S(=O)(=O)N(CC#N)CC#N. The molecule has 0 saturated heterocycles. The monoisotopic (exact) mass is 309 g/mol. The highest BCUT2D eigenvalue weighted by Crippen LogP contribution is 2.29. The minimum atomic E-state index is -4.20. The molecule has 0 aliphatic rings. The van der Waals surface area contributed by atoms with Crippen molar-refractivity contribution in [3.8, 4) is 12.1 Å². The van der Waals surface area contributed by atoms with Crippen LogP contribution in [0.15, 0.2) is 17.0 Å². The maximum atomic E-state index is 12.4. The number of nitriles is 2. The van der Waals surface area contributed by atoms with E-state index in [1.54, 1.807) is 12.1 Å². The lowest BCUT2D eigenvalue weighted by molar-refractivity contribution is -0.384. The van der Waals surface area contributed by atoms with Crippen molar-refractivity contribution in [2.24, 2.45) is 0 Å². The number of hydrogen-bond donors (Lipinski definition) is 1. The molecule has 0 heterocycles. The minimum Gasteiger partial charge on any atom is -0.393 e. The first kappa shape index (κ1) is 16.4. The normalized spacial score (nSPS) is 10.9. The number of nitrogen functional groups attached to an aromatic ring is 1. The molecule has 1 rings (SSSR count). The molecule has 0 fully saturated rings. The van der Waals surface area contributed by atoms with Gasteiger partial charge < -0.3 is 5.73 Å². The molecule has 1 aromatic rings. The van der Waals surface area contributed by atoms with E-state index in [2.05, 4.69) is 0 Å². The van der Waals surface area contributed by atoms with Crippen LogP contribution in [0.1, 0.15) is 5.56 Å². The number of nitrogens with zero attached hydrogens (tertiary/aromatic N) is 4. The van der Waals surface area contributed by atoms with Crippen molar-refractivity contribution in [2.75, 3.05) is 18.8 Å². The Balaban J connectivity index is 3.51. The molecule has 0 aliphatic heterocycles. The molecule has 110 valence electrons. The Kier molecular flexibility index (Phi) is 4.81. The summed E-state index contributed by atoms with van der Waals surface area (Å²) in [5.41, 5.74) is 4.96. The van der Waals surface area contributed by atoms with E-state index < -0.39 is 33.7 Å². The van der Waals surface area contributed by atoms with Gasteiger partial charge >= 0.3 is 0 Å². The Bertz CT molecular complexity index is 744. The highest BCUT2D eigenvalue weighted by Gasteiger charge is 2.29. The summed E-state index contributed by atoms with van der Waals surface area (Å²) in [7, 11) is -4.20. The summed E-state index contributed by atoms with van der Waals surface area (Å²) in [5.74, 6) is 0. The summed E-state index contributed by atoms with van der Waals surface area (Å²) < 4.78 is 25.4. The van der Waals surface area contributed by atoms with Crippen LogP contribution in [0.2, 0.25) is 0 Å². The number of hydrogen-bond acceptors (Lipinski definition) is 7. The van der Waals surface area contributed by atoms with Gasteiger partial charge in [0.1, 0.15) is 18.8 Å². The summed E-state index contributed by atoms with van der Waals surface area (Å²) in [6.45, 7) is 0.352. The van der Waals surface area contributed by atoms with Crippen LogP contribution in [0.5, 0.6) is 0 Å². The fourth-order valence-electron chi connectivity index (χ4n) is 1.66. The van der Waals surface area contributed by atoms with Crippen LogP contribution in [0, 0.1) is 39.7 Å². The molecule has 0 spiro atoms. The van der Waals surface area contributed by atoms with E-state index in [9.17, 15) is 18.5 Å². The third-order valence-corrected chi connectivity index (χ3v) is 4.57. The molecule has 9 nitrogen and oxygen atoms in total. The zero-order chi connectivity index (χ0) is 16.2. The molecule has 0 aromatic heterocycles. The van der Waals surface area contributed by atoms with Crippen molar-refractivity contribution in [2.45, 2.75) is 11.8 Å². The van der Waals surface area contributed by atoms with E-state index in [0.717, 1.165) is 6.07 Å². The van der Waals surface area contributed by atoms with Gasteiger partial charge in [-0.25, -0.2) is 8.42 Å². The van der Waals surface area contributed by atoms with Crippen molar-refractivity contribution in [3.63, 3.8) is 0 Å². The zero-order valence-electron chi connectivity index (χ0n) is 11.0. The molecule has 0 aliphatic carbocycles. The maximum absolute atomic E-state index is 12.4. The average Bonchev–Trinajstić information content (AvgIpc) is 2.37. The Labute approximate surface area is 121 Å². The van der Waals surface area contributed by atoms with Crippen molar-refractivity contribution in [3.05, 3.63) is 27.8 Å². The van der Waals surface area contributed by atoms with Gasteiger partial charge in [-0.05, 0) is 18.6 Å².